The van der Waals surface area contributed by atoms with E-state index in [0.29, 0.717) is 12.3 Å². The van der Waals surface area contributed by atoms with Crippen LogP contribution in [0.1, 0.15) is 20.8 Å². The van der Waals surface area contributed by atoms with Gasteiger partial charge in [0.15, 0.2) is 0 Å². The summed E-state index contributed by atoms with van der Waals surface area (Å²) in [5.41, 5.74) is 1.55. The van der Waals surface area contributed by atoms with Gasteiger partial charge < -0.3 is 20.1 Å². The maximum absolute atomic E-state index is 12.1. The highest BCUT2D eigenvalue weighted by molar-refractivity contribution is 5.93. The maximum Gasteiger partial charge on any atom is 0.243 e. The maximum atomic E-state index is 12.1. The number of nitrogens with one attached hydrogen (secondary N) is 2. The van der Waals surface area contributed by atoms with Gasteiger partial charge in [0, 0.05) is 23.5 Å². The molecule has 0 spiro atoms. The lowest BCUT2D eigenvalue weighted by atomic mass is 10.3. The standard InChI is InChI=1S/C19H24N2O3/c1-4-23-17-9-6-8-16(12-17)21-19(22)13-20-15-7-5-10-18(11-15)24-14(2)3/h5-12,14,20H,4,13H2,1-3H3,(H,21,22). The summed E-state index contributed by atoms with van der Waals surface area (Å²) in [7, 11) is 0. The predicted molar refractivity (Wildman–Crippen MR) is 96.9 cm³/mol. The fourth-order valence-electron chi connectivity index (χ4n) is 2.17. The fourth-order valence-corrected chi connectivity index (χ4v) is 2.17. The van der Waals surface area contributed by atoms with Crippen molar-refractivity contribution in [3.63, 3.8) is 0 Å². The molecule has 0 atom stereocenters. The molecule has 5 nitrogen and oxygen atoms in total. The largest absolute Gasteiger partial charge is 0.494 e. The minimum absolute atomic E-state index is 0.112. The van der Waals surface area contributed by atoms with E-state index in [9.17, 15) is 4.79 Å². The number of carbonyl (C=O) groups excluding carboxylic acids is 1. The first kappa shape index (κ1) is 17.7. The quantitative estimate of drug-likeness (QED) is 0.771. The molecule has 128 valence electrons. The van der Waals surface area contributed by atoms with Gasteiger partial charge in [-0.3, -0.25) is 4.79 Å². The Labute approximate surface area is 143 Å². The molecule has 2 N–H and O–H groups in total. The van der Waals surface area contributed by atoms with Crippen molar-refractivity contribution in [1.29, 1.82) is 0 Å². The van der Waals surface area contributed by atoms with Crippen molar-refractivity contribution < 1.29 is 14.3 Å². The number of hydrogen-bond acceptors (Lipinski definition) is 4. The molecule has 0 aliphatic carbocycles. The van der Waals surface area contributed by atoms with Crippen molar-refractivity contribution in [2.24, 2.45) is 0 Å². The summed E-state index contributed by atoms with van der Waals surface area (Å²) in [5, 5.41) is 5.94. The SMILES string of the molecule is CCOc1cccc(NC(=O)CNc2cccc(OC(C)C)c2)c1. The zero-order valence-electron chi connectivity index (χ0n) is 14.3. The van der Waals surface area contributed by atoms with E-state index in [2.05, 4.69) is 10.6 Å². The molecule has 24 heavy (non-hydrogen) atoms. The molecular weight excluding hydrogens is 304 g/mol. The van der Waals surface area contributed by atoms with Crippen LogP contribution in [0, 0.1) is 0 Å². The molecule has 0 radical (unpaired) electrons. The van der Waals surface area contributed by atoms with Crippen molar-refractivity contribution >= 4 is 17.3 Å². The molecule has 0 heterocycles. The number of hydrogen-bond donors (Lipinski definition) is 2. The van der Waals surface area contributed by atoms with Crippen LogP contribution in [-0.2, 0) is 4.79 Å². The summed E-state index contributed by atoms with van der Waals surface area (Å²) < 4.78 is 11.1. The Bertz CT molecular complexity index is 671. The molecule has 0 aromatic heterocycles. The van der Waals surface area contributed by atoms with E-state index < -0.39 is 0 Å². The Morgan fingerprint density at radius 1 is 1.04 bits per heavy atom. The molecule has 0 unspecified atom stereocenters. The first-order chi connectivity index (χ1) is 11.6. The van der Waals surface area contributed by atoms with Crippen LogP contribution in [0.15, 0.2) is 48.5 Å². The molecule has 0 saturated heterocycles. The van der Waals surface area contributed by atoms with E-state index in [1.807, 2.05) is 63.2 Å². The molecule has 2 rings (SSSR count). The average molecular weight is 328 g/mol. The second-order valence-electron chi connectivity index (χ2n) is 5.56. The van der Waals surface area contributed by atoms with Gasteiger partial charge in [-0.25, -0.2) is 0 Å². The molecule has 2 aromatic carbocycles. The molecule has 2 aromatic rings. The number of carbonyl (C=O) groups is 1. The number of rotatable bonds is 8. The van der Waals surface area contributed by atoms with Gasteiger partial charge in [-0.2, -0.15) is 0 Å². The average Bonchev–Trinajstić information content (AvgIpc) is 2.53. The number of ether oxygens (including phenoxy) is 2. The van der Waals surface area contributed by atoms with Gasteiger partial charge in [0.2, 0.25) is 5.91 Å². The molecule has 5 heteroatoms. The lowest BCUT2D eigenvalue weighted by molar-refractivity contribution is -0.114. The number of benzene rings is 2. The monoisotopic (exact) mass is 328 g/mol. The first-order valence-corrected chi connectivity index (χ1v) is 8.10. The summed E-state index contributed by atoms with van der Waals surface area (Å²) in [4.78, 5) is 12.1. The van der Waals surface area contributed by atoms with Gasteiger partial charge in [-0.1, -0.05) is 12.1 Å². The zero-order valence-corrected chi connectivity index (χ0v) is 14.3. The van der Waals surface area contributed by atoms with Crippen LogP contribution >= 0.6 is 0 Å². The van der Waals surface area contributed by atoms with Gasteiger partial charge in [-0.15, -0.1) is 0 Å². The Kier molecular flexibility index (Phi) is 6.49. The Morgan fingerprint density at radius 2 is 1.71 bits per heavy atom. The number of amides is 1. The normalized spacial score (nSPS) is 10.3. The number of anilines is 2. The van der Waals surface area contributed by atoms with Gasteiger partial charge in [0.1, 0.15) is 11.5 Å². The Hall–Kier alpha value is -2.69. The van der Waals surface area contributed by atoms with E-state index in [4.69, 9.17) is 9.47 Å². The van der Waals surface area contributed by atoms with E-state index in [1.54, 1.807) is 6.07 Å². The first-order valence-electron chi connectivity index (χ1n) is 8.10. The topological polar surface area (TPSA) is 59.6 Å². The lowest BCUT2D eigenvalue weighted by Gasteiger charge is -2.12. The van der Waals surface area contributed by atoms with Crippen LogP contribution in [0.4, 0.5) is 11.4 Å². The third kappa shape index (κ3) is 5.83. The molecular formula is C19H24N2O3. The van der Waals surface area contributed by atoms with Crippen molar-refractivity contribution in [3.05, 3.63) is 48.5 Å². The van der Waals surface area contributed by atoms with E-state index in [-0.39, 0.29) is 18.6 Å². The third-order valence-electron chi connectivity index (χ3n) is 3.09. The van der Waals surface area contributed by atoms with Crippen LogP contribution in [0.25, 0.3) is 0 Å². The van der Waals surface area contributed by atoms with Gasteiger partial charge in [-0.05, 0) is 45.0 Å². The summed E-state index contributed by atoms with van der Waals surface area (Å²) in [5.74, 6) is 1.39. The van der Waals surface area contributed by atoms with Crippen molar-refractivity contribution in [2.45, 2.75) is 26.9 Å². The molecule has 1 amide bonds. The second kappa shape index (κ2) is 8.82. The van der Waals surface area contributed by atoms with Crippen molar-refractivity contribution in [3.8, 4) is 11.5 Å². The van der Waals surface area contributed by atoms with Gasteiger partial charge >= 0.3 is 0 Å². The summed E-state index contributed by atoms with van der Waals surface area (Å²) in [6.45, 7) is 6.64. The summed E-state index contributed by atoms with van der Waals surface area (Å²) in [6.07, 6.45) is 0.112. The highest BCUT2D eigenvalue weighted by Gasteiger charge is 2.05. The molecule has 0 saturated carbocycles. The van der Waals surface area contributed by atoms with Crippen LogP contribution in [-0.4, -0.2) is 25.2 Å². The highest BCUT2D eigenvalue weighted by atomic mass is 16.5. The highest BCUT2D eigenvalue weighted by Crippen LogP contribution is 2.19. The van der Waals surface area contributed by atoms with E-state index in [0.717, 1.165) is 17.2 Å². The van der Waals surface area contributed by atoms with Gasteiger partial charge in [0.05, 0.1) is 19.3 Å². The van der Waals surface area contributed by atoms with E-state index in [1.165, 1.54) is 0 Å². The summed E-state index contributed by atoms with van der Waals surface area (Å²) in [6, 6.07) is 14.9. The lowest BCUT2D eigenvalue weighted by Crippen LogP contribution is -2.21. The smallest absolute Gasteiger partial charge is 0.243 e. The third-order valence-corrected chi connectivity index (χ3v) is 3.09. The zero-order chi connectivity index (χ0) is 17.4. The Balaban J connectivity index is 1.88. The van der Waals surface area contributed by atoms with E-state index >= 15 is 0 Å². The minimum atomic E-state index is -0.126. The van der Waals surface area contributed by atoms with Gasteiger partial charge in [0.25, 0.3) is 0 Å². The molecule has 0 aliphatic rings. The van der Waals surface area contributed by atoms with Crippen LogP contribution in [0.5, 0.6) is 11.5 Å². The Morgan fingerprint density at radius 3 is 2.42 bits per heavy atom. The molecule has 0 aliphatic heterocycles. The molecule has 0 fully saturated rings. The van der Waals surface area contributed by atoms with Crippen LogP contribution in [0.3, 0.4) is 0 Å². The fraction of sp³-hybridized carbons (Fsp3) is 0.316. The summed E-state index contributed by atoms with van der Waals surface area (Å²) >= 11 is 0. The van der Waals surface area contributed by atoms with Crippen LogP contribution < -0.4 is 20.1 Å². The van der Waals surface area contributed by atoms with Crippen LogP contribution in [0.2, 0.25) is 0 Å². The second-order valence-corrected chi connectivity index (χ2v) is 5.56. The molecule has 0 bridgehead atoms. The predicted octanol–water partition coefficient (Wildman–Crippen LogP) is 3.92. The van der Waals surface area contributed by atoms with Crippen molar-refractivity contribution in [1.82, 2.24) is 0 Å². The minimum Gasteiger partial charge on any atom is -0.494 e. The van der Waals surface area contributed by atoms with Crippen molar-refractivity contribution in [2.75, 3.05) is 23.8 Å².